The largest absolute Gasteiger partial charge is 0.352 e. The smallest absolute Gasteiger partial charge is 0.243 e. The summed E-state index contributed by atoms with van der Waals surface area (Å²) in [6.45, 7) is 6.37. The molecule has 0 saturated heterocycles. The van der Waals surface area contributed by atoms with Gasteiger partial charge in [-0.15, -0.1) is 0 Å². The Balaban J connectivity index is 1.62. The molecule has 2 heterocycles. The molecule has 1 atom stereocenters. The summed E-state index contributed by atoms with van der Waals surface area (Å²) in [6.07, 6.45) is 10.3. The number of nitrogens with one attached hydrogen (secondary N) is 1. The van der Waals surface area contributed by atoms with Gasteiger partial charge in [0, 0.05) is 31.6 Å². The molecule has 5 heteroatoms. The highest BCUT2D eigenvalue weighted by atomic mass is 16.2. The van der Waals surface area contributed by atoms with Crippen molar-refractivity contribution >= 4 is 5.91 Å². The van der Waals surface area contributed by atoms with Crippen LogP contribution < -0.4 is 5.32 Å². The van der Waals surface area contributed by atoms with Gasteiger partial charge in [0.15, 0.2) is 0 Å². The van der Waals surface area contributed by atoms with Gasteiger partial charge >= 0.3 is 0 Å². The molecular weight excluding hydrogens is 300 g/mol. The molecule has 0 unspecified atom stereocenters. The summed E-state index contributed by atoms with van der Waals surface area (Å²) in [4.78, 5) is 20.3. The second kappa shape index (κ2) is 6.51. The number of amides is 1. The topological polar surface area (TPSA) is 50.2 Å². The summed E-state index contributed by atoms with van der Waals surface area (Å²) in [5.41, 5.74) is 2.27. The summed E-state index contributed by atoms with van der Waals surface area (Å²) in [6, 6.07) is 0.560. The minimum Gasteiger partial charge on any atom is -0.352 e. The molecule has 2 aliphatic carbocycles. The van der Waals surface area contributed by atoms with Crippen LogP contribution in [0, 0.1) is 5.92 Å². The van der Waals surface area contributed by atoms with Gasteiger partial charge in [0.05, 0.1) is 17.7 Å². The molecule has 2 fully saturated rings. The fourth-order valence-electron chi connectivity index (χ4n) is 4.33. The number of carbonyl (C=O) groups is 1. The van der Waals surface area contributed by atoms with Crippen LogP contribution in [-0.4, -0.2) is 39.5 Å². The first-order valence-electron chi connectivity index (χ1n) is 9.73. The molecular formula is C19H30N4O. The van der Waals surface area contributed by atoms with Crippen LogP contribution in [0.3, 0.4) is 0 Å². The zero-order valence-electron chi connectivity index (χ0n) is 15.0. The normalized spacial score (nSPS) is 25.2. The van der Waals surface area contributed by atoms with E-state index >= 15 is 0 Å². The van der Waals surface area contributed by atoms with Crippen molar-refractivity contribution in [2.45, 2.75) is 76.9 Å². The quantitative estimate of drug-likeness (QED) is 0.903. The molecule has 0 radical (unpaired) electrons. The second-order valence-electron chi connectivity index (χ2n) is 8.16. The van der Waals surface area contributed by atoms with E-state index in [2.05, 4.69) is 33.6 Å². The summed E-state index contributed by atoms with van der Waals surface area (Å²) >= 11 is 0. The van der Waals surface area contributed by atoms with E-state index < -0.39 is 0 Å². The number of imidazole rings is 1. The van der Waals surface area contributed by atoms with Gasteiger partial charge in [0.25, 0.3) is 0 Å². The SMILES string of the molecule is CC(C)n1cnc2c1[C@H](C(=O)NC1CCCC1)N(CC1CC1)CC2. The van der Waals surface area contributed by atoms with Crippen LogP contribution in [0.15, 0.2) is 6.33 Å². The van der Waals surface area contributed by atoms with E-state index in [4.69, 9.17) is 0 Å². The second-order valence-corrected chi connectivity index (χ2v) is 8.16. The number of hydrogen-bond acceptors (Lipinski definition) is 3. The molecule has 0 aromatic carbocycles. The van der Waals surface area contributed by atoms with E-state index in [0.717, 1.165) is 49.7 Å². The number of carbonyl (C=O) groups excluding carboxylic acids is 1. The highest BCUT2D eigenvalue weighted by Gasteiger charge is 2.39. The van der Waals surface area contributed by atoms with Crippen LogP contribution in [0.5, 0.6) is 0 Å². The predicted octanol–water partition coefficient (Wildman–Crippen LogP) is 2.83. The fraction of sp³-hybridized carbons (Fsp3) is 0.789. The minimum atomic E-state index is -0.153. The van der Waals surface area contributed by atoms with Crippen LogP contribution in [0.1, 0.15) is 75.8 Å². The van der Waals surface area contributed by atoms with Crippen molar-refractivity contribution in [1.82, 2.24) is 19.8 Å². The Bertz CT molecular complexity index is 599. The Morgan fingerprint density at radius 1 is 1.29 bits per heavy atom. The maximum Gasteiger partial charge on any atom is 0.243 e. The number of nitrogens with zero attached hydrogens (tertiary/aromatic N) is 3. The van der Waals surface area contributed by atoms with Gasteiger partial charge < -0.3 is 9.88 Å². The Hall–Kier alpha value is -1.36. The Morgan fingerprint density at radius 3 is 2.71 bits per heavy atom. The van der Waals surface area contributed by atoms with Crippen LogP contribution in [0.25, 0.3) is 0 Å². The van der Waals surface area contributed by atoms with Gasteiger partial charge in [-0.25, -0.2) is 4.98 Å². The summed E-state index contributed by atoms with van der Waals surface area (Å²) in [7, 11) is 0. The lowest BCUT2D eigenvalue weighted by Crippen LogP contribution is -2.48. The van der Waals surface area contributed by atoms with Crippen molar-refractivity contribution < 1.29 is 4.79 Å². The Kier molecular flexibility index (Phi) is 4.37. The van der Waals surface area contributed by atoms with Crippen molar-refractivity contribution in [3.05, 3.63) is 17.7 Å². The van der Waals surface area contributed by atoms with E-state index in [-0.39, 0.29) is 11.9 Å². The lowest BCUT2D eigenvalue weighted by molar-refractivity contribution is -0.128. The molecule has 1 aromatic heterocycles. The maximum absolute atomic E-state index is 13.2. The lowest BCUT2D eigenvalue weighted by atomic mass is 10.00. The highest BCUT2D eigenvalue weighted by molar-refractivity contribution is 5.83. The third kappa shape index (κ3) is 3.10. The number of rotatable bonds is 5. The highest BCUT2D eigenvalue weighted by Crippen LogP contribution is 2.37. The van der Waals surface area contributed by atoms with Crippen molar-refractivity contribution in [2.24, 2.45) is 5.92 Å². The third-order valence-corrected chi connectivity index (χ3v) is 5.87. The van der Waals surface area contributed by atoms with Gasteiger partial charge in [0.1, 0.15) is 6.04 Å². The van der Waals surface area contributed by atoms with Gasteiger partial charge in [0.2, 0.25) is 5.91 Å². The average molecular weight is 330 g/mol. The molecule has 132 valence electrons. The molecule has 1 aliphatic heterocycles. The summed E-state index contributed by atoms with van der Waals surface area (Å²) in [5.74, 6) is 0.995. The average Bonchev–Trinajstić information content (AvgIpc) is 3.05. The third-order valence-electron chi connectivity index (χ3n) is 5.87. The number of hydrogen-bond donors (Lipinski definition) is 1. The molecule has 0 spiro atoms. The van der Waals surface area contributed by atoms with E-state index in [1.807, 2.05) is 6.33 Å². The first-order chi connectivity index (χ1) is 11.6. The lowest BCUT2D eigenvalue weighted by Gasteiger charge is -2.36. The first-order valence-corrected chi connectivity index (χ1v) is 9.73. The van der Waals surface area contributed by atoms with Crippen LogP contribution >= 0.6 is 0 Å². The summed E-state index contributed by atoms with van der Waals surface area (Å²) < 4.78 is 2.22. The fourth-order valence-corrected chi connectivity index (χ4v) is 4.33. The predicted molar refractivity (Wildman–Crippen MR) is 93.8 cm³/mol. The van der Waals surface area contributed by atoms with E-state index in [0.29, 0.717) is 12.1 Å². The number of fused-ring (bicyclic) bond motifs is 1. The molecule has 1 amide bonds. The zero-order valence-corrected chi connectivity index (χ0v) is 15.0. The molecule has 1 aromatic rings. The molecule has 0 bridgehead atoms. The van der Waals surface area contributed by atoms with Gasteiger partial charge in [-0.05, 0) is 45.4 Å². The minimum absolute atomic E-state index is 0.153. The molecule has 24 heavy (non-hydrogen) atoms. The monoisotopic (exact) mass is 330 g/mol. The van der Waals surface area contributed by atoms with E-state index in [9.17, 15) is 4.79 Å². The first kappa shape index (κ1) is 16.1. The van der Waals surface area contributed by atoms with Crippen molar-refractivity contribution in [3.8, 4) is 0 Å². The maximum atomic E-state index is 13.2. The summed E-state index contributed by atoms with van der Waals surface area (Å²) in [5, 5.41) is 3.35. The van der Waals surface area contributed by atoms with Crippen LogP contribution in [0.2, 0.25) is 0 Å². The van der Waals surface area contributed by atoms with Crippen molar-refractivity contribution in [3.63, 3.8) is 0 Å². The Morgan fingerprint density at radius 2 is 2.04 bits per heavy atom. The molecule has 1 N–H and O–H groups in total. The van der Waals surface area contributed by atoms with Gasteiger partial charge in [-0.3, -0.25) is 9.69 Å². The molecule has 3 aliphatic rings. The number of aromatic nitrogens is 2. The molecule has 5 nitrogen and oxygen atoms in total. The van der Waals surface area contributed by atoms with Gasteiger partial charge in [-0.2, -0.15) is 0 Å². The van der Waals surface area contributed by atoms with E-state index in [1.165, 1.54) is 25.7 Å². The Labute approximate surface area is 144 Å². The van der Waals surface area contributed by atoms with E-state index in [1.54, 1.807) is 0 Å². The zero-order chi connectivity index (χ0) is 16.7. The van der Waals surface area contributed by atoms with Gasteiger partial charge in [-0.1, -0.05) is 12.8 Å². The van der Waals surface area contributed by atoms with Crippen LogP contribution in [0.4, 0.5) is 0 Å². The standard InChI is InChI=1S/C19H30N4O/c1-13(2)23-12-20-16-9-10-22(11-14-7-8-14)18(17(16)23)19(24)21-15-5-3-4-6-15/h12-15,18H,3-11H2,1-2H3,(H,21,24)/t18-/m1/s1. The van der Waals surface area contributed by atoms with Crippen LogP contribution in [-0.2, 0) is 11.2 Å². The van der Waals surface area contributed by atoms with Crippen molar-refractivity contribution in [1.29, 1.82) is 0 Å². The molecule has 4 rings (SSSR count). The van der Waals surface area contributed by atoms with Crippen molar-refractivity contribution in [2.75, 3.05) is 13.1 Å². The molecule has 2 saturated carbocycles.